The summed E-state index contributed by atoms with van der Waals surface area (Å²) < 4.78 is 6.65. The standard InChI is InChI=1S/C9H16N4O3/c1-9(2,16-3)4-5-12-8(10)7(6-11-12)13(14)15/h6H,4-5,10H2,1-3H3. The van der Waals surface area contributed by atoms with E-state index in [4.69, 9.17) is 10.5 Å². The van der Waals surface area contributed by atoms with E-state index in [1.807, 2.05) is 13.8 Å². The van der Waals surface area contributed by atoms with Crippen LogP contribution in [0, 0.1) is 10.1 Å². The molecule has 0 aliphatic heterocycles. The SMILES string of the molecule is COC(C)(C)CCn1ncc([N+](=O)[O-])c1N. The summed E-state index contributed by atoms with van der Waals surface area (Å²) in [7, 11) is 1.62. The van der Waals surface area contributed by atoms with Crippen molar-refractivity contribution in [1.82, 2.24) is 9.78 Å². The van der Waals surface area contributed by atoms with E-state index in [1.54, 1.807) is 7.11 Å². The number of nitrogen functional groups attached to an aromatic ring is 1. The van der Waals surface area contributed by atoms with E-state index in [0.29, 0.717) is 13.0 Å². The average molecular weight is 228 g/mol. The number of hydrogen-bond donors (Lipinski definition) is 1. The molecule has 0 amide bonds. The quantitative estimate of drug-likeness (QED) is 0.603. The molecule has 1 aromatic heterocycles. The summed E-state index contributed by atoms with van der Waals surface area (Å²) in [5, 5.41) is 14.4. The van der Waals surface area contributed by atoms with Gasteiger partial charge in [0.15, 0.2) is 0 Å². The maximum Gasteiger partial charge on any atom is 0.330 e. The van der Waals surface area contributed by atoms with E-state index in [-0.39, 0.29) is 17.1 Å². The molecule has 1 aromatic rings. The second-order valence-electron chi connectivity index (χ2n) is 4.11. The molecule has 0 fully saturated rings. The van der Waals surface area contributed by atoms with Crippen LogP contribution >= 0.6 is 0 Å². The van der Waals surface area contributed by atoms with Crippen molar-refractivity contribution >= 4 is 11.5 Å². The van der Waals surface area contributed by atoms with Gasteiger partial charge >= 0.3 is 5.69 Å². The largest absolute Gasteiger partial charge is 0.379 e. The number of aromatic nitrogens is 2. The summed E-state index contributed by atoms with van der Waals surface area (Å²) in [6.07, 6.45) is 1.83. The van der Waals surface area contributed by atoms with E-state index < -0.39 is 4.92 Å². The Morgan fingerprint density at radius 1 is 1.69 bits per heavy atom. The fourth-order valence-corrected chi connectivity index (χ4v) is 1.18. The van der Waals surface area contributed by atoms with E-state index in [9.17, 15) is 10.1 Å². The van der Waals surface area contributed by atoms with Crippen LogP contribution in [0.2, 0.25) is 0 Å². The molecule has 7 nitrogen and oxygen atoms in total. The molecule has 0 bridgehead atoms. The molecular weight excluding hydrogens is 212 g/mol. The molecule has 1 rings (SSSR count). The molecule has 0 saturated carbocycles. The number of aryl methyl sites for hydroxylation is 1. The molecular formula is C9H16N4O3. The number of anilines is 1. The van der Waals surface area contributed by atoms with Crippen molar-refractivity contribution in [3.05, 3.63) is 16.3 Å². The maximum absolute atomic E-state index is 10.5. The minimum Gasteiger partial charge on any atom is -0.379 e. The van der Waals surface area contributed by atoms with Gasteiger partial charge in [-0.05, 0) is 20.3 Å². The van der Waals surface area contributed by atoms with Crippen LogP contribution in [0.15, 0.2) is 6.20 Å². The molecule has 0 unspecified atom stereocenters. The molecule has 16 heavy (non-hydrogen) atoms. The van der Waals surface area contributed by atoms with Gasteiger partial charge in [0.05, 0.1) is 10.5 Å². The zero-order valence-corrected chi connectivity index (χ0v) is 9.64. The fraction of sp³-hybridized carbons (Fsp3) is 0.667. The lowest BCUT2D eigenvalue weighted by Crippen LogP contribution is -2.25. The van der Waals surface area contributed by atoms with Crippen LogP contribution in [0.4, 0.5) is 11.5 Å². The molecule has 7 heteroatoms. The van der Waals surface area contributed by atoms with Gasteiger partial charge in [0.25, 0.3) is 0 Å². The summed E-state index contributed by atoms with van der Waals surface area (Å²) in [5.74, 6) is 0.0805. The highest BCUT2D eigenvalue weighted by Crippen LogP contribution is 2.22. The van der Waals surface area contributed by atoms with E-state index in [0.717, 1.165) is 6.20 Å². The molecule has 2 N–H and O–H groups in total. The van der Waals surface area contributed by atoms with Gasteiger partial charge in [0.1, 0.15) is 6.20 Å². The Morgan fingerprint density at radius 3 is 2.75 bits per heavy atom. The molecule has 0 aliphatic rings. The minimum absolute atomic E-state index is 0.0805. The zero-order valence-electron chi connectivity index (χ0n) is 9.64. The minimum atomic E-state index is -0.541. The summed E-state index contributed by atoms with van der Waals surface area (Å²) in [6.45, 7) is 4.35. The number of methoxy groups -OCH3 is 1. The van der Waals surface area contributed by atoms with Crippen molar-refractivity contribution in [2.75, 3.05) is 12.8 Å². The zero-order chi connectivity index (χ0) is 12.3. The van der Waals surface area contributed by atoms with Crippen molar-refractivity contribution in [3.8, 4) is 0 Å². The van der Waals surface area contributed by atoms with Gasteiger partial charge in [0.2, 0.25) is 5.82 Å². The Hall–Kier alpha value is -1.63. The highest BCUT2D eigenvalue weighted by Gasteiger charge is 2.20. The van der Waals surface area contributed by atoms with E-state index in [2.05, 4.69) is 5.10 Å². The Kier molecular flexibility index (Phi) is 3.48. The fourth-order valence-electron chi connectivity index (χ4n) is 1.18. The second-order valence-corrected chi connectivity index (χ2v) is 4.11. The third-order valence-electron chi connectivity index (χ3n) is 2.53. The smallest absolute Gasteiger partial charge is 0.330 e. The molecule has 0 aromatic carbocycles. The van der Waals surface area contributed by atoms with Crippen LogP contribution in [-0.2, 0) is 11.3 Å². The van der Waals surface area contributed by atoms with Crippen LogP contribution < -0.4 is 5.73 Å². The lowest BCUT2D eigenvalue weighted by molar-refractivity contribution is -0.384. The third-order valence-corrected chi connectivity index (χ3v) is 2.53. The highest BCUT2D eigenvalue weighted by atomic mass is 16.6. The second kappa shape index (κ2) is 4.48. The summed E-state index contributed by atoms with van der Waals surface area (Å²) in [6, 6.07) is 0. The van der Waals surface area contributed by atoms with Crippen LogP contribution in [0.3, 0.4) is 0 Å². The number of hydrogen-bond acceptors (Lipinski definition) is 5. The lowest BCUT2D eigenvalue weighted by atomic mass is 10.1. The van der Waals surface area contributed by atoms with E-state index in [1.165, 1.54) is 4.68 Å². The normalized spacial score (nSPS) is 11.7. The molecule has 0 saturated heterocycles. The van der Waals surface area contributed by atoms with Gasteiger partial charge < -0.3 is 10.5 Å². The molecule has 0 atom stereocenters. The lowest BCUT2D eigenvalue weighted by Gasteiger charge is -2.22. The van der Waals surface area contributed by atoms with Gasteiger partial charge in [-0.2, -0.15) is 5.10 Å². The Morgan fingerprint density at radius 2 is 2.31 bits per heavy atom. The summed E-state index contributed by atoms with van der Waals surface area (Å²) in [5.41, 5.74) is 5.14. The topological polar surface area (TPSA) is 96.2 Å². The first-order valence-electron chi connectivity index (χ1n) is 4.88. The van der Waals surface area contributed by atoms with Crippen LogP contribution in [0.1, 0.15) is 20.3 Å². The first kappa shape index (κ1) is 12.4. The summed E-state index contributed by atoms with van der Waals surface area (Å²) >= 11 is 0. The number of nitrogens with two attached hydrogens (primary N) is 1. The number of nitro groups is 1. The van der Waals surface area contributed by atoms with Crippen molar-refractivity contribution in [2.45, 2.75) is 32.4 Å². The van der Waals surface area contributed by atoms with Crippen molar-refractivity contribution in [3.63, 3.8) is 0 Å². The average Bonchev–Trinajstić information content (AvgIpc) is 2.57. The molecule has 0 aliphatic carbocycles. The monoisotopic (exact) mass is 228 g/mol. The van der Waals surface area contributed by atoms with Gasteiger partial charge in [0, 0.05) is 13.7 Å². The highest BCUT2D eigenvalue weighted by molar-refractivity contribution is 5.51. The predicted octanol–water partition coefficient (Wildman–Crippen LogP) is 1.19. The first-order chi connectivity index (χ1) is 7.37. The molecule has 90 valence electrons. The Labute approximate surface area is 93.3 Å². The predicted molar refractivity (Wildman–Crippen MR) is 59.0 cm³/mol. The van der Waals surface area contributed by atoms with Gasteiger partial charge in [-0.25, -0.2) is 4.68 Å². The number of rotatable bonds is 5. The van der Waals surface area contributed by atoms with Crippen molar-refractivity contribution < 1.29 is 9.66 Å². The van der Waals surface area contributed by atoms with Crippen LogP contribution in [0.5, 0.6) is 0 Å². The number of nitrogens with zero attached hydrogens (tertiary/aromatic N) is 3. The molecule has 1 heterocycles. The van der Waals surface area contributed by atoms with Crippen LogP contribution in [-0.4, -0.2) is 27.4 Å². The van der Waals surface area contributed by atoms with Gasteiger partial charge in [-0.3, -0.25) is 10.1 Å². The Bertz CT molecular complexity index is 386. The molecule has 0 spiro atoms. The Balaban J connectivity index is 2.72. The molecule has 0 radical (unpaired) electrons. The van der Waals surface area contributed by atoms with Gasteiger partial charge in [-0.15, -0.1) is 0 Å². The third kappa shape index (κ3) is 2.69. The van der Waals surface area contributed by atoms with E-state index >= 15 is 0 Å². The first-order valence-corrected chi connectivity index (χ1v) is 4.88. The van der Waals surface area contributed by atoms with Crippen molar-refractivity contribution in [2.24, 2.45) is 0 Å². The van der Waals surface area contributed by atoms with Crippen LogP contribution in [0.25, 0.3) is 0 Å². The summed E-state index contributed by atoms with van der Waals surface area (Å²) in [4.78, 5) is 10.00. The maximum atomic E-state index is 10.5. The van der Waals surface area contributed by atoms with Gasteiger partial charge in [-0.1, -0.05) is 0 Å². The number of ether oxygens (including phenoxy) is 1. The van der Waals surface area contributed by atoms with Crippen molar-refractivity contribution in [1.29, 1.82) is 0 Å².